The van der Waals surface area contributed by atoms with E-state index in [1.807, 2.05) is 36.4 Å². The van der Waals surface area contributed by atoms with E-state index in [-0.39, 0.29) is 18.0 Å². The molecule has 2 aromatic carbocycles. The first kappa shape index (κ1) is 18.5. The van der Waals surface area contributed by atoms with Gasteiger partial charge in [0.1, 0.15) is 17.9 Å². The van der Waals surface area contributed by atoms with Gasteiger partial charge in [0.25, 0.3) is 5.56 Å². The molecule has 0 spiro atoms. The summed E-state index contributed by atoms with van der Waals surface area (Å²) in [7, 11) is 0. The molecule has 1 amide bonds. The first-order valence-corrected chi connectivity index (χ1v) is 9.42. The van der Waals surface area contributed by atoms with Gasteiger partial charge in [-0.1, -0.05) is 48.9 Å². The van der Waals surface area contributed by atoms with Gasteiger partial charge in [-0.25, -0.2) is 9.36 Å². The highest BCUT2D eigenvalue weighted by molar-refractivity contribution is 5.90. The summed E-state index contributed by atoms with van der Waals surface area (Å²) >= 11 is 0. The van der Waals surface area contributed by atoms with Crippen molar-refractivity contribution in [2.75, 3.05) is 5.32 Å². The summed E-state index contributed by atoms with van der Waals surface area (Å²) in [6.07, 6.45) is 1.75. The molecule has 146 valence electrons. The zero-order valence-electron chi connectivity index (χ0n) is 15.9. The van der Waals surface area contributed by atoms with Gasteiger partial charge in [-0.2, -0.15) is 5.10 Å². The summed E-state index contributed by atoms with van der Waals surface area (Å²) in [4.78, 5) is 25.2. The molecule has 0 aliphatic carbocycles. The molecule has 0 saturated carbocycles. The van der Waals surface area contributed by atoms with Gasteiger partial charge < -0.3 is 5.32 Å². The number of rotatable bonds is 6. The second-order valence-electron chi connectivity index (χ2n) is 6.64. The number of carbonyl (C=O) groups excluding carboxylic acids is 1. The molecule has 4 rings (SSSR count). The standard InChI is InChI=1S/C21H20N6O2/c1-2-8-15-13-19(27(24-15)16-9-4-3-5-10-16)22-20(28)14-26-21(29)17-11-6-7-12-18(17)23-25-26/h3-7,9-13H,2,8,14H2,1H3,(H,22,28). The molecule has 0 fully saturated rings. The van der Waals surface area contributed by atoms with Crippen molar-refractivity contribution in [3.8, 4) is 5.69 Å². The quantitative estimate of drug-likeness (QED) is 0.548. The Hall–Kier alpha value is -3.81. The van der Waals surface area contributed by atoms with E-state index in [1.54, 1.807) is 28.9 Å². The van der Waals surface area contributed by atoms with Gasteiger partial charge in [-0.3, -0.25) is 9.59 Å². The van der Waals surface area contributed by atoms with E-state index in [0.717, 1.165) is 28.9 Å². The molecule has 0 saturated heterocycles. The number of amides is 1. The lowest BCUT2D eigenvalue weighted by Gasteiger charge is -2.09. The Balaban J connectivity index is 1.60. The lowest BCUT2D eigenvalue weighted by Crippen LogP contribution is -2.30. The molecule has 0 atom stereocenters. The Bertz CT molecular complexity index is 1210. The minimum absolute atomic E-state index is 0.236. The number of benzene rings is 2. The Morgan fingerprint density at radius 1 is 1.07 bits per heavy atom. The van der Waals surface area contributed by atoms with Crippen LogP contribution in [0.5, 0.6) is 0 Å². The average molecular weight is 388 g/mol. The molecular weight excluding hydrogens is 368 g/mol. The van der Waals surface area contributed by atoms with Crippen LogP contribution in [0.25, 0.3) is 16.6 Å². The number of aryl methyl sites for hydroxylation is 1. The Kier molecular flexibility index (Phi) is 5.15. The number of aromatic nitrogens is 5. The van der Waals surface area contributed by atoms with Gasteiger partial charge in [0.05, 0.1) is 16.8 Å². The largest absolute Gasteiger partial charge is 0.309 e. The summed E-state index contributed by atoms with van der Waals surface area (Å²) in [6, 6.07) is 18.3. The molecule has 4 aromatic rings. The maximum Gasteiger partial charge on any atom is 0.278 e. The number of anilines is 1. The topological polar surface area (TPSA) is 94.7 Å². The third-order valence-electron chi connectivity index (χ3n) is 4.46. The van der Waals surface area contributed by atoms with Gasteiger partial charge in [-0.05, 0) is 30.7 Å². The van der Waals surface area contributed by atoms with Gasteiger partial charge in [0.2, 0.25) is 5.91 Å². The van der Waals surface area contributed by atoms with Crippen LogP contribution in [0.1, 0.15) is 19.0 Å². The summed E-state index contributed by atoms with van der Waals surface area (Å²) in [5, 5.41) is 15.8. The minimum atomic E-state index is -0.378. The van der Waals surface area contributed by atoms with Crippen molar-refractivity contribution in [2.24, 2.45) is 0 Å². The molecule has 29 heavy (non-hydrogen) atoms. The average Bonchev–Trinajstić information content (AvgIpc) is 3.13. The first-order chi connectivity index (χ1) is 14.2. The fourth-order valence-electron chi connectivity index (χ4n) is 3.11. The summed E-state index contributed by atoms with van der Waals surface area (Å²) in [6.45, 7) is 1.84. The third-order valence-corrected chi connectivity index (χ3v) is 4.46. The van der Waals surface area contributed by atoms with E-state index in [1.165, 1.54) is 0 Å². The molecule has 0 aliphatic heterocycles. The molecule has 0 aliphatic rings. The predicted octanol–water partition coefficient (Wildman–Crippen LogP) is 2.57. The second kappa shape index (κ2) is 8.05. The molecule has 0 bridgehead atoms. The van der Waals surface area contributed by atoms with Crippen molar-refractivity contribution >= 4 is 22.6 Å². The van der Waals surface area contributed by atoms with Crippen LogP contribution in [0.2, 0.25) is 0 Å². The molecule has 8 nitrogen and oxygen atoms in total. The molecule has 2 heterocycles. The SMILES string of the molecule is CCCc1cc(NC(=O)Cn2nnc3ccccc3c2=O)n(-c2ccccc2)n1. The normalized spacial score (nSPS) is 10.9. The fraction of sp³-hybridized carbons (Fsp3) is 0.190. The van der Waals surface area contributed by atoms with E-state index in [0.29, 0.717) is 16.7 Å². The van der Waals surface area contributed by atoms with E-state index in [4.69, 9.17) is 0 Å². The number of carbonyl (C=O) groups is 1. The van der Waals surface area contributed by atoms with Crippen LogP contribution >= 0.6 is 0 Å². The lowest BCUT2D eigenvalue weighted by molar-refractivity contribution is -0.117. The van der Waals surface area contributed by atoms with E-state index in [9.17, 15) is 9.59 Å². The van der Waals surface area contributed by atoms with Crippen molar-refractivity contribution in [3.05, 3.63) is 76.7 Å². The highest BCUT2D eigenvalue weighted by Gasteiger charge is 2.14. The highest BCUT2D eigenvalue weighted by atomic mass is 16.2. The van der Waals surface area contributed by atoms with Crippen molar-refractivity contribution in [3.63, 3.8) is 0 Å². The van der Waals surface area contributed by atoms with Crippen LogP contribution in [0.4, 0.5) is 5.82 Å². The molecule has 1 N–H and O–H groups in total. The van der Waals surface area contributed by atoms with Crippen LogP contribution in [-0.4, -0.2) is 30.7 Å². The van der Waals surface area contributed by atoms with Crippen LogP contribution in [0.3, 0.4) is 0 Å². The van der Waals surface area contributed by atoms with Crippen LogP contribution in [-0.2, 0) is 17.8 Å². The molecule has 8 heteroatoms. The number of para-hydroxylation sites is 1. The predicted molar refractivity (Wildman–Crippen MR) is 110 cm³/mol. The number of hydrogen-bond acceptors (Lipinski definition) is 5. The molecule has 2 aromatic heterocycles. The maximum atomic E-state index is 12.6. The fourth-order valence-corrected chi connectivity index (χ4v) is 3.11. The smallest absolute Gasteiger partial charge is 0.278 e. The second-order valence-corrected chi connectivity index (χ2v) is 6.64. The number of nitrogens with one attached hydrogen (secondary N) is 1. The van der Waals surface area contributed by atoms with Gasteiger partial charge >= 0.3 is 0 Å². The summed E-state index contributed by atoms with van der Waals surface area (Å²) < 4.78 is 2.76. The maximum absolute atomic E-state index is 12.6. The van der Waals surface area contributed by atoms with Crippen molar-refractivity contribution < 1.29 is 4.79 Å². The Labute approximate surface area is 166 Å². The zero-order chi connectivity index (χ0) is 20.2. The van der Waals surface area contributed by atoms with Gasteiger partial charge in [0, 0.05) is 6.07 Å². The summed E-state index contributed by atoms with van der Waals surface area (Å²) in [5.74, 6) is 0.170. The Morgan fingerprint density at radius 3 is 2.62 bits per heavy atom. The van der Waals surface area contributed by atoms with Crippen molar-refractivity contribution in [2.45, 2.75) is 26.3 Å². The third kappa shape index (κ3) is 3.91. The lowest BCUT2D eigenvalue weighted by atomic mass is 10.2. The number of nitrogens with zero attached hydrogens (tertiary/aromatic N) is 5. The highest BCUT2D eigenvalue weighted by Crippen LogP contribution is 2.18. The molecule has 0 unspecified atom stereocenters. The van der Waals surface area contributed by atoms with Gasteiger partial charge in [-0.15, -0.1) is 5.10 Å². The van der Waals surface area contributed by atoms with Crippen LogP contribution in [0, 0.1) is 0 Å². The number of fused-ring (bicyclic) bond motifs is 1. The minimum Gasteiger partial charge on any atom is -0.309 e. The Morgan fingerprint density at radius 2 is 1.83 bits per heavy atom. The van der Waals surface area contributed by atoms with E-state index in [2.05, 4.69) is 27.7 Å². The van der Waals surface area contributed by atoms with Crippen molar-refractivity contribution in [1.29, 1.82) is 0 Å². The number of hydrogen-bond donors (Lipinski definition) is 1. The summed E-state index contributed by atoms with van der Waals surface area (Å²) in [5.41, 5.74) is 1.87. The van der Waals surface area contributed by atoms with E-state index >= 15 is 0 Å². The van der Waals surface area contributed by atoms with Gasteiger partial charge in [0.15, 0.2) is 0 Å². The molecule has 0 radical (unpaired) electrons. The zero-order valence-corrected chi connectivity index (χ0v) is 15.9. The van der Waals surface area contributed by atoms with Crippen LogP contribution in [0.15, 0.2) is 65.5 Å². The molecular formula is C21H20N6O2. The van der Waals surface area contributed by atoms with Crippen molar-refractivity contribution in [1.82, 2.24) is 24.8 Å². The van der Waals surface area contributed by atoms with Crippen LogP contribution < -0.4 is 10.9 Å². The first-order valence-electron chi connectivity index (χ1n) is 9.42. The monoisotopic (exact) mass is 388 g/mol. The van der Waals surface area contributed by atoms with E-state index < -0.39 is 0 Å².